The van der Waals surface area contributed by atoms with E-state index in [2.05, 4.69) is 0 Å². The number of carbonyl (C=O) groups is 1. The molecule has 0 radical (unpaired) electrons. The molecule has 0 aliphatic heterocycles. The molecule has 3 rings (SSSR count). The number of aryl methyl sites for hydroxylation is 1. The number of primary amides is 1. The molecule has 0 saturated carbocycles. The van der Waals surface area contributed by atoms with Gasteiger partial charge in [0.05, 0.1) is 5.56 Å². The van der Waals surface area contributed by atoms with Crippen LogP contribution in [0.25, 0.3) is 16.5 Å². The number of carbonyl (C=O) groups excluding carboxylic acids is 1. The van der Waals surface area contributed by atoms with Gasteiger partial charge in [0.1, 0.15) is 0 Å². The van der Waals surface area contributed by atoms with E-state index in [-0.39, 0.29) is 5.56 Å². The molecule has 4 nitrogen and oxygen atoms in total. The van der Waals surface area contributed by atoms with Crippen molar-refractivity contribution in [2.75, 3.05) is 0 Å². The molecule has 4 heteroatoms. The largest absolute Gasteiger partial charge is 0.366 e. The van der Waals surface area contributed by atoms with Crippen molar-refractivity contribution in [2.24, 2.45) is 5.73 Å². The number of nitrogens with zero attached hydrogens (tertiary/aromatic N) is 1. The molecule has 0 fully saturated rings. The molecule has 0 atom stereocenters. The van der Waals surface area contributed by atoms with Crippen molar-refractivity contribution in [3.05, 3.63) is 75.7 Å². The summed E-state index contributed by atoms with van der Waals surface area (Å²) in [5.41, 5.74) is 7.99. The lowest BCUT2D eigenvalue weighted by Crippen LogP contribution is -2.26. The van der Waals surface area contributed by atoms with Gasteiger partial charge in [0.25, 0.3) is 11.5 Å². The second-order valence-corrected chi connectivity index (χ2v) is 5.30. The highest BCUT2D eigenvalue weighted by atomic mass is 16.1. The average molecular weight is 292 g/mol. The van der Waals surface area contributed by atoms with E-state index in [0.29, 0.717) is 22.0 Å². The lowest BCUT2D eigenvalue weighted by atomic mass is 9.99. The Hall–Kier alpha value is -2.88. The monoisotopic (exact) mass is 292 g/mol. The second-order valence-electron chi connectivity index (χ2n) is 5.30. The van der Waals surface area contributed by atoms with Crippen LogP contribution in [0.1, 0.15) is 21.6 Å². The van der Waals surface area contributed by atoms with Crippen LogP contribution < -0.4 is 11.3 Å². The van der Waals surface area contributed by atoms with E-state index in [1.807, 2.05) is 49.4 Å². The SMILES string of the molecule is Cc1cccc2c(=O)n(-c3ccccc3)c(C)c(C(N)=O)c12. The van der Waals surface area contributed by atoms with Gasteiger partial charge < -0.3 is 5.73 Å². The topological polar surface area (TPSA) is 65.1 Å². The molecule has 1 heterocycles. The van der Waals surface area contributed by atoms with Crippen LogP contribution in [0.3, 0.4) is 0 Å². The molecular weight excluding hydrogens is 276 g/mol. The van der Waals surface area contributed by atoms with Crippen LogP contribution in [-0.4, -0.2) is 10.5 Å². The number of benzene rings is 2. The summed E-state index contributed by atoms with van der Waals surface area (Å²) in [4.78, 5) is 24.9. The smallest absolute Gasteiger partial charge is 0.263 e. The molecule has 0 bridgehead atoms. The number of fused-ring (bicyclic) bond motifs is 1. The third-order valence-corrected chi connectivity index (χ3v) is 3.91. The van der Waals surface area contributed by atoms with Crippen LogP contribution in [0.15, 0.2) is 53.3 Å². The Kier molecular flexibility index (Phi) is 3.29. The van der Waals surface area contributed by atoms with Gasteiger partial charge in [0.15, 0.2) is 0 Å². The quantitative estimate of drug-likeness (QED) is 0.789. The number of hydrogen-bond donors (Lipinski definition) is 1. The van der Waals surface area contributed by atoms with Crippen molar-refractivity contribution >= 4 is 16.7 Å². The summed E-state index contributed by atoms with van der Waals surface area (Å²) in [5, 5.41) is 1.15. The van der Waals surface area contributed by atoms with Crippen LogP contribution in [0.5, 0.6) is 0 Å². The molecule has 0 saturated heterocycles. The molecule has 3 aromatic rings. The maximum atomic E-state index is 12.9. The van der Waals surface area contributed by atoms with Crippen LogP contribution in [0.4, 0.5) is 0 Å². The summed E-state index contributed by atoms with van der Waals surface area (Å²) in [6, 6.07) is 14.7. The first-order chi connectivity index (χ1) is 10.5. The van der Waals surface area contributed by atoms with Gasteiger partial charge in [-0.3, -0.25) is 14.2 Å². The molecule has 1 amide bonds. The van der Waals surface area contributed by atoms with Crippen LogP contribution in [-0.2, 0) is 0 Å². The standard InChI is InChI=1S/C18H16N2O2/c1-11-7-6-10-14-15(11)16(17(19)21)12(2)20(18(14)22)13-8-4-3-5-9-13/h3-10H,1-2H3,(H2,19,21). The zero-order valence-electron chi connectivity index (χ0n) is 12.5. The minimum absolute atomic E-state index is 0.146. The summed E-state index contributed by atoms with van der Waals surface area (Å²) in [5.74, 6) is -0.526. The van der Waals surface area contributed by atoms with Crippen molar-refractivity contribution in [3.8, 4) is 5.69 Å². The van der Waals surface area contributed by atoms with E-state index in [9.17, 15) is 9.59 Å². The van der Waals surface area contributed by atoms with Crippen LogP contribution >= 0.6 is 0 Å². The summed E-state index contributed by atoms with van der Waals surface area (Å²) in [7, 11) is 0. The summed E-state index contributed by atoms with van der Waals surface area (Å²) in [6.07, 6.45) is 0. The Bertz CT molecular complexity index is 941. The number of nitrogens with two attached hydrogens (primary N) is 1. The molecule has 0 spiro atoms. The predicted molar refractivity (Wildman–Crippen MR) is 87.5 cm³/mol. The zero-order chi connectivity index (χ0) is 15.9. The van der Waals surface area contributed by atoms with Crippen molar-refractivity contribution < 1.29 is 4.79 Å². The molecule has 0 unspecified atom stereocenters. The molecule has 22 heavy (non-hydrogen) atoms. The van der Waals surface area contributed by atoms with E-state index in [1.165, 1.54) is 0 Å². The van der Waals surface area contributed by atoms with Gasteiger partial charge in [-0.25, -0.2) is 0 Å². The predicted octanol–water partition coefficient (Wildman–Crippen LogP) is 2.71. The van der Waals surface area contributed by atoms with E-state index in [0.717, 1.165) is 11.3 Å². The fraction of sp³-hybridized carbons (Fsp3) is 0.111. The maximum absolute atomic E-state index is 12.9. The first-order valence-corrected chi connectivity index (χ1v) is 7.02. The van der Waals surface area contributed by atoms with Gasteiger partial charge >= 0.3 is 0 Å². The van der Waals surface area contributed by atoms with Crippen molar-refractivity contribution in [1.29, 1.82) is 0 Å². The number of aromatic nitrogens is 1. The molecule has 2 aromatic carbocycles. The number of rotatable bonds is 2. The van der Waals surface area contributed by atoms with E-state index < -0.39 is 5.91 Å². The highest BCUT2D eigenvalue weighted by Gasteiger charge is 2.19. The van der Waals surface area contributed by atoms with Gasteiger partial charge in [-0.05, 0) is 37.6 Å². The normalized spacial score (nSPS) is 10.8. The number of para-hydroxylation sites is 1. The van der Waals surface area contributed by atoms with Gasteiger partial charge in [0.2, 0.25) is 0 Å². The summed E-state index contributed by atoms with van der Waals surface area (Å²) < 4.78 is 1.54. The van der Waals surface area contributed by atoms with Crippen molar-refractivity contribution in [3.63, 3.8) is 0 Å². The zero-order valence-corrected chi connectivity index (χ0v) is 12.5. The highest BCUT2D eigenvalue weighted by Crippen LogP contribution is 2.24. The van der Waals surface area contributed by atoms with Gasteiger partial charge in [-0.1, -0.05) is 30.3 Å². The van der Waals surface area contributed by atoms with Gasteiger partial charge in [-0.2, -0.15) is 0 Å². The fourth-order valence-electron chi connectivity index (χ4n) is 2.93. The minimum Gasteiger partial charge on any atom is -0.366 e. The Morgan fingerprint density at radius 2 is 1.68 bits per heavy atom. The number of amides is 1. The first-order valence-electron chi connectivity index (χ1n) is 7.02. The van der Waals surface area contributed by atoms with E-state index >= 15 is 0 Å². The molecule has 2 N–H and O–H groups in total. The minimum atomic E-state index is -0.526. The van der Waals surface area contributed by atoms with Crippen molar-refractivity contribution in [1.82, 2.24) is 4.57 Å². The van der Waals surface area contributed by atoms with Crippen molar-refractivity contribution in [2.45, 2.75) is 13.8 Å². The molecule has 0 aliphatic carbocycles. The second kappa shape index (κ2) is 5.15. The number of hydrogen-bond acceptors (Lipinski definition) is 2. The molecule has 110 valence electrons. The fourth-order valence-corrected chi connectivity index (χ4v) is 2.93. The van der Waals surface area contributed by atoms with E-state index in [4.69, 9.17) is 5.73 Å². The Morgan fingerprint density at radius 1 is 1.00 bits per heavy atom. The van der Waals surface area contributed by atoms with Crippen LogP contribution in [0.2, 0.25) is 0 Å². The van der Waals surface area contributed by atoms with Gasteiger partial charge in [0, 0.05) is 22.2 Å². The first kappa shape index (κ1) is 14.1. The lowest BCUT2D eigenvalue weighted by Gasteiger charge is -2.16. The Balaban J connectivity index is 2.57. The molecule has 1 aromatic heterocycles. The van der Waals surface area contributed by atoms with Crippen LogP contribution in [0, 0.1) is 13.8 Å². The highest BCUT2D eigenvalue weighted by molar-refractivity contribution is 6.08. The Labute approximate surface area is 127 Å². The maximum Gasteiger partial charge on any atom is 0.263 e. The summed E-state index contributed by atoms with van der Waals surface area (Å²) >= 11 is 0. The Morgan fingerprint density at radius 3 is 2.32 bits per heavy atom. The third kappa shape index (κ3) is 2.00. The lowest BCUT2D eigenvalue weighted by molar-refractivity contribution is 0.100. The van der Waals surface area contributed by atoms with E-state index in [1.54, 1.807) is 17.6 Å². The van der Waals surface area contributed by atoms with Gasteiger partial charge in [-0.15, -0.1) is 0 Å². The molecular formula is C18H16N2O2. The number of pyridine rings is 1. The summed E-state index contributed by atoms with van der Waals surface area (Å²) in [6.45, 7) is 3.63. The third-order valence-electron chi connectivity index (χ3n) is 3.91. The molecule has 0 aliphatic rings. The average Bonchev–Trinajstić information content (AvgIpc) is 2.49.